The van der Waals surface area contributed by atoms with Crippen LogP contribution in [-0.2, 0) is 9.59 Å². The lowest BCUT2D eigenvalue weighted by atomic mass is 10.1. The Morgan fingerprint density at radius 2 is 1.78 bits per heavy atom. The van der Waals surface area contributed by atoms with Gasteiger partial charge in [-0.3, -0.25) is 14.4 Å². The number of fused-ring (bicyclic) bond motifs is 1. The zero-order chi connectivity index (χ0) is 22.1. The van der Waals surface area contributed by atoms with Crippen LogP contribution < -0.4 is 25.0 Å². The van der Waals surface area contributed by atoms with Gasteiger partial charge in [-0.05, 0) is 37.1 Å². The summed E-state index contributed by atoms with van der Waals surface area (Å²) < 4.78 is 10.7. The van der Waals surface area contributed by atoms with Gasteiger partial charge in [0.2, 0.25) is 18.6 Å². The zero-order valence-electron chi connectivity index (χ0n) is 17.6. The summed E-state index contributed by atoms with van der Waals surface area (Å²) in [5, 5.41) is 5.93. The third-order valence-electron chi connectivity index (χ3n) is 6.28. The topological polar surface area (TPSA) is 97.0 Å². The van der Waals surface area contributed by atoms with Gasteiger partial charge in [-0.2, -0.15) is 0 Å². The molecule has 2 fully saturated rings. The van der Waals surface area contributed by atoms with Crippen LogP contribution in [0.2, 0.25) is 0 Å². The second-order valence-corrected chi connectivity index (χ2v) is 8.43. The molecule has 1 saturated heterocycles. The second kappa shape index (κ2) is 8.53. The van der Waals surface area contributed by atoms with Crippen LogP contribution in [0.4, 0.5) is 11.4 Å². The summed E-state index contributed by atoms with van der Waals surface area (Å²) in [6.45, 7) is 0.423. The van der Waals surface area contributed by atoms with Crippen molar-refractivity contribution < 1.29 is 23.9 Å². The average Bonchev–Trinajstić information content (AvgIpc) is 3.54. The van der Waals surface area contributed by atoms with Crippen molar-refractivity contribution in [3.63, 3.8) is 0 Å². The molecule has 8 nitrogen and oxygen atoms in total. The molecule has 2 aromatic rings. The van der Waals surface area contributed by atoms with Crippen LogP contribution in [0, 0.1) is 5.92 Å². The van der Waals surface area contributed by atoms with Crippen LogP contribution in [0.15, 0.2) is 42.5 Å². The lowest BCUT2D eigenvalue weighted by Crippen LogP contribution is -2.34. The lowest BCUT2D eigenvalue weighted by molar-refractivity contribution is -0.122. The minimum Gasteiger partial charge on any atom is -0.454 e. The predicted molar refractivity (Wildman–Crippen MR) is 118 cm³/mol. The van der Waals surface area contributed by atoms with Gasteiger partial charge in [0, 0.05) is 30.8 Å². The quantitative estimate of drug-likeness (QED) is 0.752. The van der Waals surface area contributed by atoms with Crippen molar-refractivity contribution in [3.05, 3.63) is 48.0 Å². The summed E-state index contributed by atoms with van der Waals surface area (Å²) >= 11 is 0. The number of para-hydroxylation sites is 1. The maximum Gasteiger partial charge on any atom is 0.253 e. The van der Waals surface area contributed by atoms with E-state index in [1.807, 2.05) is 0 Å². The lowest BCUT2D eigenvalue weighted by Gasteiger charge is -2.18. The van der Waals surface area contributed by atoms with Crippen molar-refractivity contribution in [2.24, 2.45) is 5.92 Å². The molecule has 2 N–H and O–H groups in total. The van der Waals surface area contributed by atoms with Gasteiger partial charge in [-0.15, -0.1) is 0 Å². The van der Waals surface area contributed by atoms with Gasteiger partial charge < -0.3 is 25.0 Å². The van der Waals surface area contributed by atoms with Crippen LogP contribution in [0.3, 0.4) is 0 Å². The molecule has 2 aliphatic heterocycles. The second-order valence-electron chi connectivity index (χ2n) is 8.43. The Bertz CT molecular complexity index is 1060. The molecule has 1 atom stereocenters. The minimum atomic E-state index is -0.515. The smallest absolute Gasteiger partial charge is 0.253 e. The maximum absolute atomic E-state index is 13.0. The van der Waals surface area contributed by atoms with Crippen molar-refractivity contribution in [1.29, 1.82) is 0 Å². The molecule has 32 heavy (non-hydrogen) atoms. The number of nitrogens with one attached hydrogen (secondary N) is 2. The Hall–Kier alpha value is -3.55. The Kier molecular flexibility index (Phi) is 5.43. The van der Waals surface area contributed by atoms with Gasteiger partial charge in [0.25, 0.3) is 5.91 Å². The van der Waals surface area contributed by atoms with E-state index in [2.05, 4.69) is 10.6 Å². The van der Waals surface area contributed by atoms with E-state index in [0.717, 1.165) is 25.7 Å². The molecule has 3 aliphatic rings. The number of ether oxygens (including phenoxy) is 2. The summed E-state index contributed by atoms with van der Waals surface area (Å²) in [5.74, 6) is 0.128. The molecular formula is C24H25N3O5. The minimum absolute atomic E-state index is 0.108. The van der Waals surface area contributed by atoms with E-state index >= 15 is 0 Å². The molecule has 2 aromatic carbocycles. The number of benzene rings is 2. The summed E-state index contributed by atoms with van der Waals surface area (Å²) in [7, 11) is 0. The largest absolute Gasteiger partial charge is 0.454 e. The number of nitrogens with zero attached hydrogens (tertiary/aromatic N) is 1. The van der Waals surface area contributed by atoms with Gasteiger partial charge in [0.1, 0.15) is 0 Å². The first-order valence-corrected chi connectivity index (χ1v) is 11.0. The molecule has 0 bridgehead atoms. The van der Waals surface area contributed by atoms with Gasteiger partial charge in [-0.25, -0.2) is 0 Å². The molecule has 1 saturated carbocycles. The Morgan fingerprint density at radius 1 is 1.00 bits per heavy atom. The van der Waals surface area contributed by atoms with Crippen molar-refractivity contribution in [2.75, 3.05) is 23.6 Å². The van der Waals surface area contributed by atoms with E-state index in [1.54, 1.807) is 47.4 Å². The van der Waals surface area contributed by atoms with Gasteiger partial charge in [-0.1, -0.05) is 25.0 Å². The average molecular weight is 435 g/mol. The highest BCUT2D eigenvalue weighted by molar-refractivity contribution is 6.07. The molecule has 0 aromatic heterocycles. The third kappa shape index (κ3) is 4.00. The molecular weight excluding hydrogens is 410 g/mol. The number of amides is 3. The fourth-order valence-corrected chi connectivity index (χ4v) is 4.54. The number of carbonyl (C=O) groups is 3. The first-order valence-electron chi connectivity index (χ1n) is 11.0. The Balaban J connectivity index is 1.27. The number of carbonyl (C=O) groups excluding carboxylic acids is 3. The Labute approximate surface area is 185 Å². The van der Waals surface area contributed by atoms with E-state index in [0.29, 0.717) is 28.4 Å². The highest BCUT2D eigenvalue weighted by atomic mass is 16.7. The van der Waals surface area contributed by atoms with Gasteiger partial charge in [0.05, 0.1) is 17.2 Å². The number of rotatable bonds is 5. The molecule has 5 rings (SSSR count). The number of hydrogen-bond acceptors (Lipinski definition) is 5. The van der Waals surface area contributed by atoms with E-state index in [-0.39, 0.29) is 43.5 Å². The summed E-state index contributed by atoms with van der Waals surface area (Å²) in [5.41, 5.74) is 1.57. The standard InChI is InChI=1S/C24H25N3O5/c28-22-11-15(13-27(22)17-9-10-20-21(12-17)32-14-31-20)23(29)26-19-8-4-3-7-18(19)24(30)25-16-5-1-2-6-16/h3-4,7-10,12,15-16H,1-2,5-6,11,13-14H2,(H,25,30)(H,26,29)/t15-/m0/s1. The van der Waals surface area contributed by atoms with Crippen molar-refractivity contribution >= 4 is 29.1 Å². The van der Waals surface area contributed by atoms with Crippen molar-refractivity contribution in [2.45, 2.75) is 38.1 Å². The fraction of sp³-hybridized carbons (Fsp3) is 0.375. The SMILES string of the molecule is O=C(NC1CCCC1)c1ccccc1NC(=O)[C@H]1CC(=O)N(c2ccc3c(c2)OCO3)C1. The number of hydrogen-bond donors (Lipinski definition) is 2. The van der Waals surface area contributed by atoms with Crippen LogP contribution in [0.25, 0.3) is 0 Å². The highest BCUT2D eigenvalue weighted by Crippen LogP contribution is 2.37. The highest BCUT2D eigenvalue weighted by Gasteiger charge is 2.36. The molecule has 8 heteroatoms. The monoisotopic (exact) mass is 435 g/mol. The normalized spacial score (nSPS) is 19.9. The van der Waals surface area contributed by atoms with Gasteiger partial charge in [0.15, 0.2) is 11.5 Å². The summed E-state index contributed by atoms with van der Waals surface area (Å²) in [6.07, 6.45) is 4.33. The molecule has 0 unspecified atom stereocenters. The molecule has 166 valence electrons. The summed E-state index contributed by atoms with van der Waals surface area (Å²) in [4.78, 5) is 39.9. The fourth-order valence-electron chi connectivity index (χ4n) is 4.54. The van der Waals surface area contributed by atoms with E-state index in [1.165, 1.54) is 0 Å². The predicted octanol–water partition coefficient (Wildman–Crippen LogP) is 3.08. The maximum atomic E-state index is 13.0. The van der Waals surface area contributed by atoms with Gasteiger partial charge >= 0.3 is 0 Å². The molecule has 3 amide bonds. The van der Waals surface area contributed by atoms with E-state index < -0.39 is 5.92 Å². The molecule has 0 radical (unpaired) electrons. The Morgan fingerprint density at radius 3 is 2.62 bits per heavy atom. The third-order valence-corrected chi connectivity index (χ3v) is 6.28. The first-order chi connectivity index (χ1) is 15.6. The van der Waals surface area contributed by atoms with E-state index in [4.69, 9.17) is 9.47 Å². The number of anilines is 2. The molecule has 1 aliphatic carbocycles. The zero-order valence-corrected chi connectivity index (χ0v) is 17.6. The van der Waals surface area contributed by atoms with Crippen molar-refractivity contribution in [1.82, 2.24) is 5.32 Å². The van der Waals surface area contributed by atoms with Crippen LogP contribution in [0.5, 0.6) is 11.5 Å². The summed E-state index contributed by atoms with van der Waals surface area (Å²) in [6, 6.07) is 12.5. The van der Waals surface area contributed by atoms with Crippen LogP contribution >= 0.6 is 0 Å². The van der Waals surface area contributed by atoms with E-state index in [9.17, 15) is 14.4 Å². The van der Waals surface area contributed by atoms with Crippen molar-refractivity contribution in [3.8, 4) is 11.5 Å². The molecule has 2 heterocycles. The molecule has 0 spiro atoms. The van der Waals surface area contributed by atoms with Crippen LogP contribution in [-0.4, -0.2) is 37.1 Å². The van der Waals surface area contributed by atoms with Crippen LogP contribution in [0.1, 0.15) is 42.5 Å². The first kappa shape index (κ1) is 20.4.